The lowest BCUT2D eigenvalue weighted by atomic mass is 10.2. The lowest BCUT2D eigenvalue weighted by molar-refractivity contribution is 0.805. The van der Waals surface area contributed by atoms with E-state index in [0.717, 1.165) is 0 Å². The number of aromatic nitrogens is 2. The smallest absolute Gasteiger partial charge is 0.111 e. The Balaban J connectivity index is 2.05. The molecule has 3 rings (SSSR count). The molecule has 1 heterocycles. The normalized spacial score (nSPS) is 15.5. The van der Waals surface area contributed by atoms with Gasteiger partial charge < -0.3 is 4.57 Å². The first-order valence-electron chi connectivity index (χ1n) is 5.43. The Morgan fingerprint density at radius 1 is 1.20 bits per heavy atom. The second kappa shape index (κ2) is 3.23. The molecule has 0 unspecified atom stereocenters. The number of rotatable bonds is 2. The van der Waals surface area contributed by atoms with Crippen molar-refractivity contribution in [2.24, 2.45) is 7.05 Å². The quantitative estimate of drug-likeness (QED) is 0.725. The van der Waals surface area contributed by atoms with Gasteiger partial charge in [-0.05, 0) is 18.4 Å². The first-order valence-corrected chi connectivity index (χ1v) is 5.43. The summed E-state index contributed by atoms with van der Waals surface area (Å²) in [4.78, 5) is 4.52. The van der Waals surface area contributed by atoms with Crippen molar-refractivity contribution in [1.82, 2.24) is 9.55 Å². The van der Waals surface area contributed by atoms with Gasteiger partial charge in [0, 0.05) is 13.0 Å². The summed E-state index contributed by atoms with van der Waals surface area (Å²) < 4.78 is 2.23. The van der Waals surface area contributed by atoms with E-state index in [-0.39, 0.29) is 0 Å². The minimum atomic E-state index is 0.715. The van der Waals surface area contributed by atoms with E-state index < -0.39 is 0 Å². The fourth-order valence-electron chi connectivity index (χ4n) is 2.02. The van der Waals surface area contributed by atoms with Crippen LogP contribution in [0.3, 0.4) is 0 Å². The van der Waals surface area contributed by atoms with Gasteiger partial charge in [0.1, 0.15) is 5.82 Å². The second-order valence-electron chi connectivity index (χ2n) is 4.20. The van der Waals surface area contributed by atoms with E-state index in [1.54, 1.807) is 0 Å². The zero-order chi connectivity index (χ0) is 10.3. The third-order valence-electron chi connectivity index (χ3n) is 3.04. The maximum Gasteiger partial charge on any atom is 0.111 e. The zero-order valence-corrected chi connectivity index (χ0v) is 8.85. The van der Waals surface area contributed by atoms with Gasteiger partial charge in [0.15, 0.2) is 0 Å². The summed E-state index contributed by atoms with van der Waals surface area (Å²) in [5.41, 5.74) is 2.47. The van der Waals surface area contributed by atoms with Crippen LogP contribution in [0, 0.1) is 0 Å². The van der Waals surface area contributed by atoms with E-state index in [2.05, 4.69) is 40.9 Å². The molecule has 1 fully saturated rings. The highest BCUT2D eigenvalue weighted by atomic mass is 15.1. The van der Waals surface area contributed by atoms with Crippen LogP contribution in [0.2, 0.25) is 0 Å². The first-order chi connectivity index (χ1) is 7.36. The van der Waals surface area contributed by atoms with E-state index in [1.807, 2.05) is 12.3 Å². The molecule has 76 valence electrons. The first kappa shape index (κ1) is 8.72. The lowest BCUT2D eigenvalue weighted by Crippen LogP contribution is -1.97. The summed E-state index contributed by atoms with van der Waals surface area (Å²) in [5.74, 6) is 1.96. The lowest BCUT2D eigenvalue weighted by Gasteiger charge is -2.04. The number of hydrogen-bond acceptors (Lipinski definition) is 1. The van der Waals surface area contributed by atoms with Crippen molar-refractivity contribution >= 4 is 0 Å². The average Bonchev–Trinajstić information content (AvgIpc) is 3.04. The summed E-state index contributed by atoms with van der Waals surface area (Å²) in [6.07, 6.45) is 4.60. The minimum Gasteiger partial charge on any atom is -0.331 e. The fourth-order valence-corrected chi connectivity index (χ4v) is 2.02. The molecule has 0 radical (unpaired) electrons. The molecule has 2 aromatic rings. The molecule has 0 bridgehead atoms. The molecule has 1 aliphatic rings. The Bertz CT molecular complexity index is 467. The van der Waals surface area contributed by atoms with E-state index in [9.17, 15) is 0 Å². The summed E-state index contributed by atoms with van der Waals surface area (Å²) in [7, 11) is 2.11. The predicted octanol–water partition coefficient (Wildman–Crippen LogP) is 2.96. The molecule has 0 spiro atoms. The van der Waals surface area contributed by atoms with Gasteiger partial charge >= 0.3 is 0 Å². The number of benzene rings is 1. The molecule has 1 aliphatic carbocycles. The van der Waals surface area contributed by atoms with Crippen LogP contribution in [0.15, 0.2) is 36.5 Å². The molecule has 0 N–H and O–H groups in total. The molecule has 2 heteroatoms. The highest BCUT2D eigenvalue weighted by Crippen LogP contribution is 2.40. The van der Waals surface area contributed by atoms with Gasteiger partial charge in [-0.25, -0.2) is 4.98 Å². The molecular formula is C13H14N2. The maximum absolute atomic E-state index is 4.52. The Morgan fingerprint density at radius 2 is 1.93 bits per heavy atom. The number of imidazole rings is 1. The van der Waals surface area contributed by atoms with Crippen LogP contribution >= 0.6 is 0 Å². The molecule has 1 saturated carbocycles. The van der Waals surface area contributed by atoms with E-state index in [0.29, 0.717) is 5.92 Å². The van der Waals surface area contributed by atoms with Gasteiger partial charge in [-0.15, -0.1) is 0 Å². The zero-order valence-electron chi connectivity index (χ0n) is 8.85. The molecule has 0 aliphatic heterocycles. The molecule has 2 nitrogen and oxygen atoms in total. The fraction of sp³-hybridized carbons (Fsp3) is 0.308. The van der Waals surface area contributed by atoms with Gasteiger partial charge in [-0.3, -0.25) is 0 Å². The topological polar surface area (TPSA) is 17.8 Å². The van der Waals surface area contributed by atoms with Crippen LogP contribution in [0.1, 0.15) is 24.6 Å². The average molecular weight is 198 g/mol. The van der Waals surface area contributed by atoms with Crippen LogP contribution in [0.5, 0.6) is 0 Å². The van der Waals surface area contributed by atoms with Crippen molar-refractivity contribution in [3.05, 3.63) is 42.4 Å². The Morgan fingerprint density at radius 3 is 2.60 bits per heavy atom. The second-order valence-corrected chi connectivity index (χ2v) is 4.20. The van der Waals surface area contributed by atoms with Crippen LogP contribution in [0.25, 0.3) is 11.3 Å². The third-order valence-corrected chi connectivity index (χ3v) is 3.04. The van der Waals surface area contributed by atoms with E-state index in [4.69, 9.17) is 0 Å². The summed E-state index contributed by atoms with van der Waals surface area (Å²) in [6.45, 7) is 0. The minimum absolute atomic E-state index is 0.715. The highest BCUT2D eigenvalue weighted by molar-refractivity contribution is 5.59. The SMILES string of the molecule is Cn1c(-c2ccccc2)cnc1C1CC1. The Labute approximate surface area is 89.6 Å². The van der Waals surface area contributed by atoms with Gasteiger partial charge in [0.2, 0.25) is 0 Å². The van der Waals surface area contributed by atoms with Crippen LogP contribution in [-0.4, -0.2) is 9.55 Å². The van der Waals surface area contributed by atoms with Crippen molar-refractivity contribution in [1.29, 1.82) is 0 Å². The third kappa shape index (κ3) is 1.46. The van der Waals surface area contributed by atoms with Gasteiger partial charge in [-0.2, -0.15) is 0 Å². The number of hydrogen-bond donors (Lipinski definition) is 0. The molecule has 15 heavy (non-hydrogen) atoms. The molecule has 0 atom stereocenters. The predicted molar refractivity (Wildman–Crippen MR) is 60.6 cm³/mol. The van der Waals surface area contributed by atoms with Crippen molar-refractivity contribution in [3.63, 3.8) is 0 Å². The van der Waals surface area contributed by atoms with Crippen molar-refractivity contribution in [2.75, 3.05) is 0 Å². The summed E-state index contributed by atoms with van der Waals surface area (Å²) in [5, 5.41) is 0. The van der Waals surface area contributed by atoms with E-state index in [1.165, 1.54) is 29.9 Å². The van der Waals surface area contributed by atoms with Crippen LogP contribution in [0.4, 0.5) is 0 Å². The molecule has 0 amide bonds. The highest BCUT2D eigenvalue weighted by Gasteiger charge is 2.28. The molecule has 0 saturated heterocycles. The Hall–Kier alpha value is -1.57. The summed E-state index contributed by atoms with van der Waals surface area (Å²) >= 11 is 0. The maximum atomic E-state index is 4.52. The van der Waals surface area contributed by atoms with Gasteiger partial charge in [0.05, 0.1) is 11.9 Å². The van der Waals surface area contributed by atoms with Crippen molar-refractivity contribution < 1.29 is 0 Å². The van der Waals surface area contributed by atoms with Gasteiger partial charge in [0.25, 0.3) is 0 Å². The van der Waals surface area contributed by atoms with Crippen molar-refractivity contribution in [2.45, 2.75) is 18.8 Å². The van der Waals surface area contributed by atoms with Crippen LogP contribution in [-0.2, 0) is 7.05 Å². The van der Waals surface area contributed by atoms with E-state index >= 15 is 0 Å². The largest absolute Gasteiger partial charge is 0.331 e. The van der Waals surface area contributed by atoms with Crippen molar-refractivity contribution in [3.8, 4) is 11.3 Å². The monoisotopic (exact) mass is 198 g/mol. The van der Waals surface area contributed by atoms with Gasteiger partial charge in [-0.1, -0.05) is 30.3 Å². The molecular weight excluding hydrogens is 184 g/mol. The summed E-state index contributed by atoms with van der Waals surface area (Å²) in [6, 6.07) is 10.4. The standard InChI is InChI=1S/C13H14N2/c1-15-12(10-5-3-2-4-6-10)9-14-13(15)11-7-8-11/h2-6,9,11H,7-8H2,1H3. The number of nitrogens with zero attached hydrogens (tertiary/aromatic N) is 2. The molecule has 1 aromatic carbocycles. The Kier molecular flexibility index (Phi) is 1.88. The van der Waals surface area contributed by atoms with Crippen LogP contribution < -0.4 is 0 Å². The molecule has 1 aromatic heterocycles.